The van der Waals surface area contributed by atoms with E-state index < -0.39 is 15.9 Å². The molecule has 26 heavy (non-hydrogen) atoms. The number of aliphatic hydroxyl groups is 1. The summed E-state index contributed by atoms with van der Waals surface area (Å²) in [6.07, 6.45) is 10.4. The third-order valence-electron chi connectivity index (χ3n) is 8.11. The van der Waals surface area contributed by atoms with Gasteiger partial charge in [0.25, 0.3) is 0 Å². The fraction of sp³-hybridized carbons (Fsp3) is 0.600. The normalized spacial score (nSPS) is 42.9. The summed E-state index contributed by atoms with van der Waals surface area (Å²) in [5.41, 5.74) is 1.90. The molecule has 6 heteroatoms. The summed E-state index contributed by atoms with van der Waals surface area (Å²) in [4.78, 5) is 0. The van der Waals surface area contributed by atoms with Crippen molar-refractivity contribution in [3.05, 3.63) is 41.5 Å². The summed E-state index contributed by atoms with van der Waals surface area (Å²) in [6, 6.07) is 5.56. The molecule has 2 fully saturated rings. The minimum atomic E-state index is -4.00. The van der Waals surface area contributed by atoms with Crippen LogP contribution in [-0.2, 0) is 16.7 Å². The van der Waals surface area contributed by atoms with Crippen LogP contribution >= 0.6 is 0 Å². The van der Waals surface area contributed by atoms with Crippen LogP contribution in [0.3, 0.4) is 0 Å². The fourth-order valence-corrected chi connectivity index (χ4v) is 7.21. The lowest BCUT2D eigenvalue weighted by Gasteiger charge is -2.56. The van der Waals surface area contributed by atoms with Gasteiger partial charge in [-0.15, -0.1) is 0 Å². The van der Waals surface area contributed by atoms with Gasteiger partial charge in [-0.3, -0.25) is 0 Å². The first-order chi connectivity index (χ1) is 12.2. The van der Waals surface area contributed by atoms with Crippen molar-refractivity contribution in [3.63, 3.8) is 0 Å². The molecule has 4 aliphatic rings. The number of nitrogens with two attached hydrogens (primary N) is 1. The molecule has 0 heterocycles. The van der Waals surface area contributed by atoms with Crippen LogP contribution < -0.4 is 9.32 Å². The molecule has 5 nitrogen and oxygen atoms in total. The second-order valence-corrected chi connectivity index (χ2v) is 10.0. The van der Waals surface area contributed by atoms with E-state index in [2.05, 4.69) is 19.1 Å². The van der Waals surface area contributed by atoms with E-state index in [0.717, 1.165) is 38.5 Å². The molecule has 0 unspecified atom stereocenters. The second-order valence-electron chi connectivity index (χ2n) is 8.86. The SMILES string of the molecule is C[C@]12CC[C@@H]3c4ccc(OS(N)(=O)=O)cc4CC[C@H]3[C@@]13C=C[C@@]2(O)CC3. The lowest BCUT2D eigenvalue weighted by atomic mass is 9.48. The maximum atomic E-state index is 11.2. The molecule has 3 N–H and O–H groups in total. The van der Waals surface area contributed by atoms with Gasteiger partial charge in [-0.25, -0.2) is 0 Å². The molecule has 4 aliphatic carbocycles. The second kappa shape index (κ2) is 4.91. The lowest BCUT2D eigenvalue weighted by Crippen LogP contribution is -2.52. The van der Waals surface area contributed by atoms with Crippen molar-refractivity contribution in [1.82, 2.24) is 0 Å². The highest BCUT2D eigenvalue weighted by atomic mass is 32.2. The van der Waals surface area contributed by atoms with E-state index in [0.29, 0.717) is 17.6 Å². The summed E-state index contributed by atoms with van der Waals surface area (Å²) in [5, 5.41) is 16.1. The maximum Gasteiger partial charge on any atom is 0.380 e. The van der Waals surface area contributed by atoms with E-state index in [9.17, 15) is 13.5 Å². The third-order valence-corrected chi connectivity index (χ3v) is 8.54. The highest BCUT2D eigenvalue weighted by Gasteiger charge is 2.70. The number of aryl methyl sites for hydroxylation is 1. The fourth-order valence-electron chi connectivity index (χ4n) is 6.83. The van der Waals surface area contributed by atoms with Gasteiger partial charge in [0, 0.05) is 10.8 Å². The molecule has 1 aromatic rings. The van der Waals surface area contributed by atoms with Gasteiger partial charge in [-0.2, -0.15) is 13.6 Å². The zero-order valence-corrected chi connectivity index (χ0v) is 15.8. The number of allylic oxidation sites excluding steroid dienone is 1. The minimum absolute atomic E-state index is 0.0463. The summed E-state index contributed by atoms with van der Waals surface area (Å²) in [5.74, 6) is 1.28. The van der Waals surface area contributed by atoms with Gasteiger partial charge in [0.1, 0.15) is 5.75 Å². The van der Waals surface area contributed by atoms with Crippen LogP contribution in [0, 0.1) is 16.7 Å². The van der Waals surface area contributed by atoms with Crippen molar-refractivity contribution in [1.29, 1.82) is 0 Å². The Labute approximate surface area is 154 Å². The minimum Gasteiger partial charge on any atom is -0.385 e. The van der Waals surface area contributed by atoms with Gasteiger partial charge in [0.15, 0.2) is 0 Å². The number of benzene rings is 1. The standard InChI is InChI=1S/C20H25NO4S/c1-18-7-6-16-15-4-3-14(25-26(21,23)24)12-13(15)2-5-17(16)19(18)8-10-20(18,22)11-9-19/h3-4,8,10,12,16-17,22H,2,5-7,9,11H2,1H3,(H2,21,23,24)/t16-,17-,18+,19+,20-/m1/s1. The predicted octanol–water partition coefficient (Wildman–Crippen LogP) is 2.80. The molecular weight excluding hydrogens is 350 g/mol. The van der Waals surface area contributed by atoms with Crippen LogP contribution in [0.25, 0.3) is 0 Å². The van der Waals surface area contributed by atoms with Crippen molar-refractivity contribution in [3.8, 4) is 5.75 Å². The van der Waals surface area contributed by atoms with E-state index in [1.807, 2.05) is 12.1 Å². The summed E-state index contributed by atoms with van der Waals surface area (Å²) in [6.45, 7) is 2.29. The average Bonchev–Trinajstić information content (AvgIpc) is 2.94. The molecule has 5 atom stereocenters. The smallest absolute Gasteiger partial charge is 0.380 e. The monoisotopic (exact) mass is 375 g/mol. The van der Waals surface area contributed by atoms with Crippen LogP contribution in [-0.4, -0.2) is 19.1 Å². The first-order valence-electron chi connectivity index (χ1n) is 9.45. The van der Waals surface area contributed by atoms with Crippen LogP contribution in [0.15, 0.2) is 30.4 Å². The molecule has 1 aromatic carbocycles. The Bertz CT molecular complexity index is 926. The van der Waals surface area contributed by atoms with Crippen LogP contribution in [0.1, 0.15) is 56.1 Å². The zero-order chi connectivity index (χ0) is 18.4. The molecule has 2 saturated carbocycles. The quantitative estimate of drug-likeness (QED) is 0.778. The number of fused-ring (bicyclic) bond motifs is 3. The van der Waals surface area contributed by atoms with E-state index in [-0.39, 0.29) is 10.8 Å². The van der Waals surface area contributed by atoms with Crippen LogP contribution in [0.5, 0.6) is 5.75 Å². The lowest BCUT2D eigenvalue weighted by molar-refractivity contribution is -0.0870. The molecule has 140 valence electrons. The Balaban J connectivity index is 1.53. The highest BCUT2D eigenvalue weighted by molar-refractivity contribution is 7.84. The van der Waals surface area contributed by atoms with Gasteiger partial charge in [0.05, 0.1) is 5.60 Å². The Morgan fingerprint density at radius 1 is 1.19 bits per heavy atom. The van der Waals surface area contributed by atoms with Crippen LogP contribution in [0.2, 0.25) is 0 Å². The van der Waals surface area contributed by atoms with Crippen molar-refractivity contribution in [2.75, 3.05) is 0 Å². The van der Waals surface area contributed by atoms with Gasteiger partial charge in [-0.1, -0.05) is 25.1 Å². The molecule has 0 aromatic heterocycles. The molecule has 0 amide bonds. The Hall–Kier alpha value is -1.37. The first kappa shape index (κ1) is 16.8. The average molecular weight is 375 g/mol. The third kappa shape index (κ3) is 1.95. The first-order valence-corrected chi connectivity index (χ1v) is 10.9. The van der Waals surface area contributed by atoms with E-state index in [1.165, 1.54) is 11.1 Å². The topological polar surface area (TPSA) is 89.6 Å². The molecule has 5 rings (SSSR count). The van der Waals surface area contributed by atoms with Gasteiger partial charge < -0.3 is 9.29 Å². The molecule has 2 bridgehead atoms. The molecule has 0 aliphatic heterocycles. The summed E-state index contributed by atoms with van der Waals surface area (Å²) >= 11 is 0. The molecular formula is C20H25NO4S. The summed E-state index contributed by atoms with van der Waals surface area (Å²) < 4.78 is 27.3. The Morgan fingerprint density at radius 2 is 2.00 bits per heavy atom. The molecule has 0 radical (unpaired) electrons. The molecule has 0 saturated heterocycles. The number of hydrogen-bond donors (Lipinski definition) is 2. The van der Waals surface area contributed by atoms with Gasteiger partial charge in [0.2, 0.25) is 0 Å². The van der Waals surface area contributed by atoms with Crippen molar-refractivity contribution in [2.45, 2.75) is 57.0 Å². The van der Waals surface area contributed by atoms with Crippen molar-refractivity contribution < 1.29 is 17.7 Å². The summed E-state index contributed by atoms with van der Waals surface area (Å²) in [7, 11) is -4.00. The largest absolute Gasteiger partial charge is 0.385 e. The Morgan fingerprint density at radius 3 is 2.69 bits per heavy atom. The molecule has 0 spiro atoms. The highest BCUT2D eigenvalue weighted by Crippen LogP contribution is 2.74. The van der Waals surface area contributed by atoms with Gasteiger partial charge in [-0.05, 0) is 73.6 Å². The van der Waals surface area contributed by atoms with Crippen molar-refractivity contribution >= 4 is 10.3 Å². The van der Waals surface area contributed by atoms with E-state index >= 15 is 0 Å². The Kier molecular flexibility index (Phi) is 3.17. The van der Waals surface area contributed by atoms with E-state index in [1.54, 1.807) is 6.07 Å². The number of hydrogen-bond acceptors (Lipinski definition) is 4. The maximum absolute atomic E-state index is 11.2. The van der Waals surface area contributed by atoms with Gasteiger partial charge >= 0.3 is 10.3 Å². The van der Waals surface area contributed by atoms with Crippen LogP contribution in [0.4, 0.5) is 0 Å². The van der Waals surface area contributed by atoms with Crippen molar-refractivity contribution in [2.24, 2.45) is 21.9 Å². The van der Waals surface area contributed by atoms with E-state index in [4.69, 9.17) is 9.32 Å². The number of rotatable bonds is 2. The predicted molar refractivity (Wildman–Crippen MR) is 97.8 cm³/mol. The zero-order valence-electron chi connectivity index (χ0n) is 14.9.